The lowest BCUT2D eigenvalue weighted by Crippen LogP contribution is -2.48. The van der Waals surface area contributed by atoms with Crippen LogP contribution in [-0.4, -0.2) is 65.7 Å². The van der Waals surface area contributed by atoms with Crippen LogP contribution in [-0.2, 0) is 11.3 Å². The van der Waals surface area contributed by atoms with Gasteiger partial charge in [-0.05, 0) is 30.3 Å². The van der Waals surface area contributed by atoms with Crippen molar-refractivity contribution in [3.8, 4) is 0 Å². The van der Waals surface area contributed by atoms with Crippen molar-refractivity contribution in [2.24, 2.45) is 4.99 Å². The zero-order valence-electron chi connectivity index (χ0n) is 22.2. The van der Waals surface area contributed by atoms with Gasteiger partial charge in [-0.25, -0.2) is 22.6 Å². The van der Waals surface area contributed by atoms with Gasteiger partial charge >= 0.3 is 0 Å². The van der Waals surface area contributed by atoms with Gasteiger partial charge in [0.25, 0.3) is 12.4 Å². The van der Waals surface area contributed by atoms with E-state index in [1.165, 1.54) is 14.8 Å². The smallest absolute Gasteiger partial charge is 0.290 e. The molecule has 0 aliphatic carbocycles. The Morgan fingerprint density at radius 3 is 2.45 bits per heavy atom. The molecule has 2 atom stereocenters. The number of alkyl halides is 4. The molecule has 3 heterocycles. The third kappa shape index (κ3) is 9.76. The Morgan fingerprint density at radius 2 is 1.89 bits per heavy atom. The Kier molecular flexibility index (Phi) is 14.1. The number of dihydropyridines is 1. The van der Waals surface area contributed by atoms with Crippen molar-refractivity contribution in [2.75, 3.05) is 20.1 Å². The number of carbonyl (C=O) groups is 1. The molecular formula is C26H38F4N5O2P. The van der Waals surface area contributed by atoms with Crippen LogP contribution < -0.4 is 10.6 Å². The number of hydrogen-bond acceptors (Lipinski definition) is 6. The molecule has 212 valence electrons. The highest BCUT2D eigenvalue weighted by molar-refractivity contribution is 7.16. The first kappa shape index (κ1) is 33.1. The summed E-state index contributed by atoms with van der Waals surface area (Å²) >= 11 is 0. The molecule has 2 unspecified atom stereocenters. The summed E-state index contributed by atoms with van der Waals surface area (Å²) in [7, 11) is 3.22. The van der Waals surface area contributed by atoms with Gasteiger partial charge < -0.3 is 20.2 Å². The number of guanidine groups is 1. The van der Waals surface area contributed by atoms with Crippen molar-refractivity contribution >= 4 is 33.1 Å². The third-order valence-electron chi connectivity index (χ3n) is 5.80. The molecule has 1 aromatic rings. The fraction of sp³-hybridized carbons (Fsp3) is 0.462. The molecule has 7 nitrogen and oxygen atoms in total. The van der Waals surface area contributed by atoms with Gasteiger partial charge in [-0.15, -0.1) is 0 Å². The van der Waals surface area contributed by atoms with Crippen LogP contribution in [0, 0.1) is 0 Å². The quantitative estimate of drug-likeness (QED) is 0.254. The largest absolute Gasteiger partial charge is 0.483 e. The molecule has 0 spiro atoms. The molecule has 1 aromatic carbocycles. The summed E-state index contributed by atoms with van der Waals surface area (Å²) < 4.78 is 47.8. The molecule has 3 N–H and O–H groups in total. The molecular weight excluding hydrogens is 521 g/mol. The summed E-state index contributed by atoms with van der Waals surface area (Å²) in [6.07, 6.45) is 3.51. The molecule has 3 aliphatic rings. The first-order chi connectivity index (χ1) is 18.0. The van der Waals surface area contributed by atoms with Gasteiger partial charge in [-0.1, -0.05) is 53.9 Å². The Morgan fingerprint density at radius 1 is 1.32 bits per heavy atom. The minimum atomic E-state index is -2.58. The zero-order chi connectivity index (χ0) is 28.9. The Bertz CT molecular complexity index is 1000. The summed E-state index contributed by atoms with van der Waals surface area (Å²) in [6.45, 7) is 11.3. The van der Waals surface area contributed by atoms with Crippen molar-refractivity contribution in [2.45, 2.75) is 58.4 Å². The van der Waals surface area contributed by atoms with E-state index in [1.807, 2.05) is 61.2 Å². The maximum absolute atomic E-state index is 13.6. The number of nitrogens with zero attached hydrogens (tertiary/aromatic N) is 3. The van der Waals surface area contributed by atoms with Crippen molar-refractivity contribution in [3.05, 3.63) is 59.8 Å². The van der Waals surface area contributed by atoms with E-state index in [0.29, 0.717) is 25.6 Å². The maximum atomic E-state index is 13.6. The number of carboxylic acid groups (broad SMARTS) is 1. The second-order valence-corrected chi connectivity index (χ2v) is 8.77. The average molecular weight is 560 g/mol. The monoisotopic (exact) mass is 559 g/mol. The van der Waals surface area contributed by atoms with E-state index in [4.69, 9.17) is 14.9 Å². The van der Waals surface area contributed by atoms with Gasteiger partial charge in [-0.3, -0.25) is 10.1 Å². The highest BCUT2D eigenvalue weighted by atomic mass is 31.0. The molecule has 4 rings (SSSR count). The zero-order valence-corrected chi connectivity index (χ0v) is 23.4. The lowest BCUT2D eigenvalue weighted by atomic mass is 10.0. The average Bonchev–Trinajstić information content (AvgIpc) is 2.87. The van der Waals surface area contributed by atoms with Crippen molar-refractivity contribution in [1.29, 1.82) is 0 Å². The molecule has 1 fully saturated rings. The normalized spacial score (nSPS) is 19.2. The van der Waals surface area contributed by atoms with Gasteiger partial charge in [0.05, 0.1) is 11.9 Å². The Labute approximate surface area is 224 Å². The van der Waals surface area contributed by atoms with Crippen LogP contribution in [0.25, 0.3) is 5.70 Å². The van der Waals surface area contributed by atoms with Gasteiger partial charge in [0.2, 0.25) is 12.1 Å². The number of benzene rings is 1. The predicted octanol–water partition coefficient (Wildman–Crippen LogP) is 5.61. The number of para-hydroxylation sites is 1. The van der Waals surface area contributed by atoms with Crippen molar-refractivity contribution in [1.82, 2.24) is 20.4 Å². The number of fused-ring (bicyclic) bond motifs is 1. The highest BCUT2D eigenvalue weighted by Crippen LogP contribution is 2.37. The number of hydrogen-bond donors (Lipinski definition) is 3. The van der Waals surface area contributed by atoms with E-state index in [2.05, 4.69) is 30.2 Å². The number of likely N-dealkylation sites (tertiary alicyclic amines) is 1. The van der Waals surface area contributed by atoms with Gasteiger partial charge in [0, 0.05) is 50.8 Å². The van der Waals surface area contributed by atoms with Crippen LogP contribution in [0.4, 0.5) is 23.2 Å². The highest BCUT2D eigenvalue weighted by Gasteiger charge is 2.37. The van der Waals surface area contributed by atoms with Gasteiger partial charge in [0.1, 0.15) is 0 Å². The Balaban J connectivity index is 0.000000708. The lowest BCUT2D eigenvalue weighted by molar-refractivity contribution is -0.122. The minimum Gasteiger partial charge on any atom is -0.483 e. The Hall–Kier alpha value is -2.91. The van der Waals surface area contributed by atoms with E-state index in [1.54, 1.807) is 0 Å². The number of allylic oxidation sites excluding steroid dienone is 2. The van der Waals surface area contributed by atoms with Gasteiger partial charge in [-0.2, -0.15) is 0 Å². The number of piperidine rings is 1. The number of halogens is 4. The van der Waals surface area contributed by atoms with E-state index in [9.17, 15) is 17.6 Å². The first-order valence-electron chi connectivity index (χ1n) is 12.2. The van der Waals surface area contributed by atoms with Crippen LogP contribution in [0.2, 0.25) is 0 Å². The van der Waals surface area contributed by atoms with Crippen molar-refractivity contribution in [3.63, 3.8) is 0 Å². The number of aliphatic imine (C=N–C) groups is 1. The summed E-state index contributed by atoms with van der Waals surface area (Å²) in [5.74, 6) is -1.89. The number of nitrogens with one attached hydrogen (secondary N) is 2. The first-order valence-corrected chi connectivity index (χ1v) is 12.9. The molecule has 0 radical (unpaired) electrons. The second-order valence-electron chi connectivity index (χ2n) is 8.26. The summed E-state index contributed by atoms with van der Waals surface area (Å²) in [5, 5.41) is 13.7. The fourth-order valence-electron chi connectivity index (χ4n) is 3.90. The van der Waals surface area contributed by atoms with Crippen LogP contribution >= 0.6 is 9.24 Å². The lowest BCUT2D eigenvalue weighted by Gasteiger charge is -2.40. The van der Waals surface area contributed by atoms with Crippen LogP contribution in [0.3, 0.4) is 0 Å². The molecule has 0 amide bonds. The van der Waals surface area contributed by atoms with Crippen LogP contribution in [0.15, 0.2) is 53.7 Å². The summed E-state index contributed by atoms with van der Waals surface area (Å²) in [5.41, 5.74) is 4.93. The fourth-order valence-corrected chi connectivity index (χ4v) is 3.90. The van der Waals surface area contributed by atoms with E-state index in [-0.39, 0.29) is 25.5 Å². The second kappa shape index (κ2) is 16.1. The summed E-state index contributed by atoms with van der Waals surface area (Å²) in [4.78, 5) is 17.1. The topological polar surface area (TPSA) is 80.2 Å². The standard InChI is InChI=1S/C22H27F2N5.C2H6.CH3F2P.CH2O2/c1-15-6-5-11-25-20(15)26-14-17-7-4-8-18-16(2)28(3)21(27-19(17)18)29-12-9-22(23,24)10-13-29;1-2;2-1(3)4;2-1-3/h4-8,11,20,25-26H,2,9-10,12-14H2,1,3H3;1-2H3;1H,4H2;1H,(H,2,3). The molecule has 12 heteroatoms. The van der Waals surface area contributed by atoms with E-state index < -0.39 is 12.1 Å². The van der Waals surface area contributed by atoms with E-state index >= 15 is 0 Å². The molecule has 1 saturated heterocycles. The maximum Gasteiger partial charge on any atom is 0.290 e. The van der Waals surface area contributed by atoms with Gasteiger partial charge in [0.15, 0.2) is 0 Å². The minimum absolute atomic E-state index is 0.0677. The van der Waals surface area contributed by atoms with Crippen molar-refractivity contribution < 1.29 is 27.5 Å². The molecule has 38 heavy (non-hydrogen) atoms. The molecule has 3 aliphatic heterocycles. The van der Waals surface area contributed by atoms with Crippen LogP contribution in [0.1, 0.15) is 44.7 Å². The SMILES string of the molecule is C=C1c2cccc(CNC3NC=CC=C3C)c2N=C(N2CCC(F)(F)CC2)N1C.CC.FC(F)P.O=CO. The predicted molar refractivity (Wildman–Crippen MR) is 149 cm³/mol. The van der Waals surface area contributed by atoms with E-state index in [0.717, 1.165) is 22.5 Å². The molecule has 0 saturated carbocycles. The molecule has 0 aromatic heterocycles. The third-order valence-corrected chi connectivity index (χ3v) is 5.80. The van der Waals surface area contributed by atoms with Crippen LogP contribution in [0.5, 0.6) is 0 Å². The molecule has 0 bridgehead atoms. The summed E-state index contributed by atoms with van der Waals surface area (Å²) in [6, 6.07) is 6.07. The number of rotatable bonds is 3.